The predicted molar refractivity (Wildman–Crippen MR) is 443 cm³/mol. The molecule has 1 atom stereocenters. The van der Waals surface area contributed by atoms with Crippen LogP contribution in [0.25, 0.3) is 79.2 Å². The zero-order valence-electron chi connectivity index (χ0n) is 67.9. The van der Waals surface area contributed by atoms with Crippen molar-refractivity contribution >= 4 is 91.5 Å². The molecule has 0 radical (unpaired) electrons. The average molecular weight is 1750 g/mol. The lowest BCUT2D eigenvalue weighted by atomic mass is 9.83. The highest BCUT2D eigenvalue weighted by molar-refractivity contribution is 6.09. The molecular weight excluding hydrogens is 1670 g/mol. The van der Waals surface area contributed by atoms with Crippen LogP contribution in [-0.2, 0) is 56.6 Å². The number of pyridine rings is 5. The molecule has 127 heavy (non-hydrogen) atoms. The van der Waals surface area contributed by atoms with Gasteiger partial charge < -0.3 is 47.3 Å². The van der Waals surface area contributed by atoms with Gasteiger partial charge in [0.15, 0.2) is 40.0 Å². The molecule has 20 rings (SSSR count). The van der Waals surface area contributed by atoms with Crippen molar-refractivity contribution in [3.8, 4) is 46.1 Å². The van der Waals surface area contributed by atoms with Crippen LogP contribution in [0, 0.1) is 40.8 Å². The maximum Gasteiger partial charge on any atom is 0.407 e. The Labute approximate surface area is 711 Å². The third-order valence-corrected chi connectivity index (χ3v) is 22.9. The van der Waals surface area contributed by atoms with Crippen molar-refractivity contribution in [3.63, 3.8) is 0 Å². The minimum Gasteiger partial charge on any atom is -0.383 e. The molecule has 1 unspecified atom stereocenters. The number of carbonyl (C=O) groups excluding carboxylic acids is 3. The molecule has 0 bridgehead atoms. The number of benzene rings is 2. The molecular formula is C86H74F12N26O3. The number of carbonyl (C=O) groups is 3. The van der Waals surface area contributed by atoms with Gasteiger partial charge in [-0.1, -0.05) is 56.0 Å². The quantitative estimate of drug-likeness (QED) is 0.0442. The second kappa shape index (κ2) is 32.4. The highest BCUT2D eigenvalue weighted by Crippen LogP contribution is 2.52. The number of rotatable bonds is 16. The summed E-state index contributed by atoms with van der Waals surface area (Å²) in [5.41, 5.74) is 19.1. The van der Waals surface area contributed by atoms with Gasteiger partial charge in [0.05, 0.1) is 75.0 Å². The van der Waals surface area contributed by atoms with Crippen molar-refractivity contribution in [2.45, 2.75) is 140 Å². The van der Waals surface area contributed by atoms with E-state index < -0.39 is 99.6 Å². The van der Waals surface area contributed by atoms with Gasteiger partial charge in [-0.2, -0.15) is 36.5 Å². The summed E-state index contributed by atoms with van der Waals surface area (Å²) in [5, 5.41) is 19.5. The number of halogens is 12. The molecule has 15 aromatic rings. The summed E-state index contributed by atoms with van der Waals surface area (Å²) in [5.74, 6) is -3.04. The van der Waals surface area contributed by atoms with Gasteiger partial charge in [0.1, 0.15) is 110 Å². The number of nitrogen functional groups attached to an aromatic ring is 3. The molecule has 2 fully saturated rings. The first kappa shape index (κ1) is 84.5. The van der Waals surface area contributed by atoms with Crippen molar-refractivity contribution < 1.29 is 67.1 Å². The molecule has 0 spiro atoms. The first-order valence-electron chi connectivity index (χ1n) is 40.0. The van der Waals surface area contributed by atoms with E-state index in [1.54, 1.807) is 77.9 Å². The van der Waals surface area contributed by atoms with Crippen molar-refractivity contribution in [2.75, 3.05) is 45.0 Å². The van der Waals surface area contributed by atoms with Gasteiger partial charge in [-0.15, -0.1) is 0 Å². The van der Waals surface area contributed by atoms with Crippen LogP contribution in [0.1, 0.15) is 136 Å². The Balaban J connectivity index is 0.000000121. The minimum absolute atomic E-state index is 0.0134. The molecule has 0 saturated heterocycles. The van der Waals surface area contributed by atoms with Gasteiger partial charge in [0.25, 0.3) is 0 Å². The Bertz CT molecular complexity index is 6910. The molecule has 16 heterocycles. The lowest BCUT2D eigenvalue weighted by molar-refractivity contribution is -0.186. The van der Waals surface area contributed by atoms with E-state index in [2.05, 4.69) is 90.4 Å². The van der Waals surface area contributed by atoms with E-state index >= 15 is 0 Å². The van der Waals surface area contributed by atoms with Gasteiger partial charge in [0.2, 0.25) is 17.7 Å². The smallest absolute Gasteiger partial charge is 0.383 e. The van der Waals surface area contributed by atoms with E-state index in [9.17, 15) is 67.1 Å². The number of aromatic nitrogens is 19. The van der Waals surface area contributed by atoms with Crippen LogP contribution in [0.2, 0.25) is 0 Å². The van der Waals surface area contributed by atoms with Crippen LogP contribution < -0.4 is 38.5 Å². The summed E-state index contributed by atoms with van der Waals surface area (Å²) in [6, 6.07) is 25.0. The molecule has 10 N–H and O–H groups in total. The second-order valence-electron chi connectivity index (χ2n) is 32.3. The fraction of sp³-hybridized carbons (Fsp3) is 0.279. The Morgan fingerprint density at radius 2 is 1.04 bits per heavy atom. The Hall–Kier alpha value is -14.7. The molecule has 2 aromatic carbocycles. The van der Waals surface area contributed by atoms with E-state index in [-0.39, 0.29) is 76.6 Å². The summed E-state index contributed by atoms with van der Waals surface area (Å²) in [7, 11) is 0. The van der Waals surface area contributed by atoms with Crippen LogP contribution in [0.5, 0.6) is 0 Å². The minimum atomic E-state index is -5.16. The zero-order chi connectivity index (χ0) is 89.7. The van der Waals surface area contributed by atoms with Gasteiger partial charge in [-0.25, -0.2) is 95.5 Å². The molecule has 29 nitrogen and oxygen atoms in total. The molecule has 5 aliphatic rings. The first-order valence-corrected chi connectivity index (χ1v) is 40.0. The van der Waals surface area contributed by atoms with Crippen molar-refractivity contribution in [1.82, 2.24) is 93.2 Å². The van der Waals surface area contributed by atoms with Gasteiger partial charge >= 0.3 is 12.4 Å². The maximum absolute atomic E-state index is 14.3. The normalized spacial score (nSPS) is 16.2. The van der Waals surface area contributed by atoms with Crippen molar-refractivity contribution in [1.29, 1.82) is 0 Å². The van der Waals surface area contributed by atoms with Crippen molar-refractivity contribution in [3.05, 3.63) is 226 Å². The number of amides is 3. The third kappa shape index (κ3) is 16.0. The lowest BCUT2D eigenvalue weighted by Gasteiger charge is -2.26. The van der Waals surface area contributed by atoms with Crippen LogP contribution in [0.3, 0.4) is 0 Å². The summed E-state index contributed by atoms with van der Waals surface area (Å²) >= 11 is 0. The van der Waals surface area contributed by atoms with Crippen molar-refractivity contribution in [2.24, 2.45) is 5.92 Å². The fourth-order valence-corrected chi connectivity index (χ4v) is 16.0. The Morgan fingerprint density at radius 3 is 1.63 bits per heavy atom. The van der Waals surface area contributed by atoms with E-state index in [4.69, 9.17) is 22.2 Å². The topological polar surface area (TPSA) is 389 Å². The second-order valence-corrected chi connectivity index (χ2v) is 32.3. The van der Waals surface area contributed by atoms with Crippen LogP contribution in [0.4, 0.5) is 93.4 Å². The average Bonchev–Trinajstić information content (AvgIpc) is 1.57. The number of hydrogen-bond acceptors (Lipinski definition) is 22. The van der Waals surface area contributed by atoms with Crippen LogP contribution in [0.15, 0.2) is 140 Å². The molecule has 41 heteroatoms. The van der Waals surface area contributed by atoms with E-state index in [0.29, 0.717) is 117 Å². The summed E-state index contributed by atoms with van der Waals surface area (Å²) in [6.45, 7) is 6.82. The lowest BCUT2D eigenvalue weighted by Crippen LogP contribution is -2.45. The predicted octanol–water partition coefficient (Wildman–Crippen LogP) is 15.2. The Morgan fingerprint density at radius 1 is 0.496 bits per heavy atom. The van der Waals surface area contributed by atoms with E-state index in [1.807, 2.05) is 55.7 Å². The summed E-state index contributed by atoms with van der Waals surface area (Å²) < 4.78 is 171. The number of nitrogens with two attached hydrogens (primary N) is 3. The number of fused-ring (bicyclic) bond motifs is 7. The number of alkyl halides is 6. The third-order valence-electron chi connectivity index (χ3n) is 22.9. The number of nitrogens with zero attached hydrogens (tertiary/aromatic N) is 19. The van der Waals surface area contributed by atoms with Crippen LogP contribution in [-0.4, -0.2) is 130 Å². The molecule has 13 aromatic heterocycles. The van der Waals surface area contributed by atoms with Gasteiger partial charge in [-0.3, -0.25) is 19.4 Å². The molecule has 2 saturated carbocycles. The standard InChI is InChI=1S/C23H16F8N8O.C22H17F3N6O.C21H24N6O.C20H17FN6/c1-21(23(29,30)31)14-16(33-5-3-22(26,27)28)35-18(36-17(14)37-20(21)40)15-12-6-11(24)8-34-19(12)39(38-15)9-10-7-32-4-2-13(10)25;1-22(2)16-18(26)28-20(29-19(16)30-21(22)32)17-14-5-3-4-6-31(14)15(27-17)9-11-12(24)7-10(23)8-13(11)25;1-21(2)15-17(22)24-19(25-18(15)26-20(21)28)16-13-9-5-6-10-27(13)14(23-16)11-12-7-3-4-8-12;21-16-6-2-1-4-13(16)11-27-20-14(5-3-9-23-20)17(26-27)19-24-10-15(12-7-8-12)18(22)25-19/h2,4,6-8H,3,5,9H2,1H3,(H2,33,35,36,37,40);3-8H,9H2,1-2H3,(H3,26,28,29,30,32);5-6,9-10,12H,3-4,7-8,11H2,1-2H3,(H3,22,24,25,26,28);1-6,9-10,12H,7-8,11H2,(H2,22,24,25). The number of hydrogen-bond donors (Lipinski definition) is 7. The van der Waals surface area contributed by atoms with E-state index in [0.717, 1.165) is 64.6 Å². The SMILES string of the molecule is CC1(C(F)(F)F)C(=O)Nc2nc(-c3nn(Cc4cnccc4F)c4ncc(F)cc34)nc(NCCC(F)(F)F)c21.CC1(C)C(=O)Nc2nc(-c3nc(CC4CCCC4)n4ccccc34)nc(N)c21.CC1(C)C(=O)Nc2nc(-c3nc(Cc4c(F)cc(F)cc4F)n4ccccc34)nc(N)c21.Nc1nc(-c2nn(Cc3ccccc3F)c3ncccc23)ncc1C1CC1. The molecule has 650 valence electrons. The number of imidazole rings is 2. The highest BCUT2D eigenvalue weighted by atomic mass is 19.4. The molecule has 2 aliphatic carbocycles. The zero-order valence-corrected chi connectivity index (χ0v) is 67.9. The monoisotopic (exact) mass is 1750 g/mol. The van der Waals surface area contributed by atoms with Gasteiger partial charge in [-0.05, 0) is 114 Å². The number of anilines is 7. The first-order chi connectivity index (χ1) is 60.5. The maximum atomic E-state index is 14.3. The summed E-state index contributed by atoms with van der Waals surface area (Å²) in [6.07, 6.45) is 7.41. The highest BCUT2D eigenvalue weighted by Gasteiger charge is 2.64. The molecule has 3 amide bonds. The fourth-order valence-electron chi connectivity index (χ4n) is 16.0. The van der Waals surface area contributed by atoms with Crippen LogP contribution >= 0.6 is 0 Å². The summed E-state index contributed by atoms with van der Waals surface area (Å²) in [4.78, 5) is 93.7. The van der Waals surface area contributed by atoms with E-state index in [1.165, 1.54) is 44.1 Å². The largest absolute Gasteiger partial charge is 0.407 e. The molecule has 3 aliphatic heterocycles. The number of nitrogens with one attached hydrogen (secondary N) is 4. The Kier molecular flexibility index (Phi) is 21.6. The van der Waals surface area contributed by atoms with Gasteiger partial charge in [0, 0.05) is 91.0 Å².